The van der Waals surface area contributed by atoms with E-state index in [1.54, 1.807) is 0 Å². The number of nitrogens with zero attached hydrogens (tertiary/aromatic N) is 1. The van der Waals surface area contributed by atoms with Crippen molar-refractivity contribution in [1.82, 2.24) is 0 Å². The molecule has 0 aliphatic heterocycles. The predicted molar refractivity (Wildman–Crippen MR) is 295 cm³/mol. The minimum absolute atomic E-state index is 0.0295. The Labute approximate surface area is 409 Å². The largest absolute Gasteiger partial charge is 0.310 e. The summed E-state index contributed by atoms with van der Waals surface area (Å²) in [5.41, 5.74) is 23.9. The molecule has 0 N–H and O–H groups in total. The van der Waals surface area contributed by atoms with Gasteiger partial charge < -0.3 is 4.90 Å². The van der Waals surface area contributed by atoms with E-state index in [4.69, 9.17) is 0 Å². The van der Waals surface area contributed by atoms with Gasteiger partial charge in [0.25, 0.3) is 0 Å². The van der Waals surface area contributed by atoms with Gasteiger partial charge in [-0.2, -0.15) is 0 Å². The Hall–Kier alpha value is -6.44. The topological polar surface area (TPSA) is 3.24 Å². The maximum atomic E-state index is 2.48. The molecule has 0 unspecified atom stereocenters. The predicted octanol–water partition coefficient (Wildman–Crippen LogP) is 19.3. The molecule has 8 aromatic rings. The second-order valence-electron chi connectivity index (χ2n) is 24.1. The molecule has 9 rings (SSSR count). The lowest BCUT2D eigenvalue weighted by molar-refractivity contribution is 0.569. The standard InChI is InChI=1S/C67H71N/c1-63(2,3)51-31-29-44(30-32-51)57-25-16-18-28-62(57)68(56-33-34-59-58-26-15-17-27-60(58)67(13,14)61(59)43-56)55-24-20-23-47(41-55)45-21-19-22-46(35-45)48-36-49(38-52(37-48)64(4,5)6)50-39-53(65(7,8)9)42-54(40-50)66(10,11)12/h15-43H,1-14H3. The molecule has 1 aliphatic rings. The second kappa shape index (κ2) is 17.0. The van der Waals surface area contributed by atoms with Crippen molar-refractivity contribution in [1.29, 1.82) is 0 Å². The summed E-state index contributed by atoms with van der Waals surface area (Å²) in [5, 5.41) is 0. The fourth-order valence-corrected chi connectivity index (χ4v) is 10.1. The average molecular weight is 890 g/mol. The van der Waals surface area contributed by atoms with E-state index in [1.165, 1.54) is 89.0 Å². The number of anilines is 3. The normalized spacial score (nSPS) is 13.6. The third-order valence-electron chi connectivity index (χ3n) is 14.5. The van der Waals surface area contributed by atoms with E-state index in [0.717, 1.165) is 17.1 Å². The highest BCUT2D eigenvalue weighted by molar-refractivity contribution is 5.91. The first-order valence-corrected chi connectivity index (χ1v) is 24.7. The highest BCUT2D eigenvalue weighted by atomic mass is 15.1. The van der Waals surface area contributed by atoms with Crippen LogP contribution in [-0.2, 0) is 27.1 Å². The first kappa shape index (κ1) is 46.7. The summed E-state index contributed by atoms with van der Waals surface area (Å²) in [4.78, 5) is 2.48. The summed E-state index contributed by atoms with van der Waals surface area (Å²) in [6, 6.07) is 67.0. The van der Waals surface area contributed by atoms with Crippen LogP contribution < -0.4 is 4.90 Å². The van der Waals surface area contributed by atoms with E-state index in [0.29, 0.717) is 0 Å². The molecule has 344 valence electrons. The van der Waals surface area contributed by atoms with Crippen LogP contribution in [0.2, 0.25) is 0 Å². The van der Waals surface area contributed by atoms with Gasteiger partial charge in [0.2, 0.25) is 0 Å². The van der Waals surface area contributed by atoms with Crippen molar-refractivity contribution in [3.63, 3.8) is 0 Å². The smallest absolute Gasteiger partial charge is 0.0540 e. The number of hydrogen-bond acceptors (Lipinski definition) is 1. The first-order valence-electron chi connectivity index (χ1n) is 24.7. The molecule has 68 heavy (non-hydrogen) atoms. The van der Waals surface area contributed by atoms with Crippen LogP contribution in [0.25, 0.3) is 55.6 Å². The van der Waals surface area contributed by atoms with E-state index in [9.17, 15) is 0 Å². The molecular weight excluding hydrogens is 819 g/mol. The molecule has 0 saturated heterocycles. The molecule has 0 fully saturated rings. The van der Waals surface area contributed by atoms with Gasteiger partial charge in [-0.3, -0.25) is 0 Å². The van der Waals surface area contributed by atoms with Gasteiger partial charge in [-0.15, -0.1) is 0 Å². The van der Waals surface area contributed by atoms with Crippen LogP contribution in [0, 0.1) is 0 Å². The highest BCUT2D eigenvalue weighted by Crippen LogP contribution is 2.51. The van der Waals surface area contributed by atoms with Crippen molar-refractivity contribution < 1.29 is 0 Å². The third kappa shape index (κ3) is 9.01. The molecule has 1 nitrogen and oxygen atoms in total. The van der Waals surface area contributed by atoms with Gasteiger partial charge in [0.1, 0.15) is 0 Å². The number of fused-ring (bicyclic) bond motifs is 3. The highest BCUT2D eigenvalue weighted by Gasteiger charge is 2.36. The maximum Gasteiger partial charge on any atom is 0.0540 e. The molecular formula is C67H71N. The number of para-hydroxylation sites is 1. The van der Waals surface area contributed by atoms with Crippen LogP contribution in [-0.4, -0.2) is 0 Å². The maximum absolute atomic E-state index is 2.48. The van der Waals surface area contributed by atoms with Gasteiger partial charge in [0.15, 0.2) is 0 Å². The van der Waals surface area contributed by atoms with E-state index in [-0.39, 0.29) is 27.1 Å². The van der Waals surface area contributed by atoms with Crippen LogP contribution in [0.4, 0.5) is 17.1 Å². The third-order valence-corrected chi connectivity index (χ3v) is 14.5. The Morgan fingerprint density at radius 3 is 1.34 bits per heavy atom. The molecule has 0 heterocycles. The Morgan fingerprint density at radius 1 is 0.294 bits per heavy atom. The fourth-order valence-electron chi connectivity index (χ4n) is 10.1. The lowest BCUT2D eigenvalue weighted by Crippen LogP contribution is -2.17. The van der Waals surface area contributed by atoms with Gasteiger partial charge in [0.05, 0.1) is 5.69 Å². The summed E-state index contributed by atoms with van der Waals surface area (Å²) in [6.07, 6.45) is 0. The van der Waals surface area contributed by atoms with Crippen LogP contribution >= 0.6 is 0 Å². The van der Waals surface area contributed by atoms with E-state index in [1.807, 2.05) is 0 Å². The van der Waals surface area contributed by atoms with Crippen molar-refractivity contribution >= 4 is 17.1 Å². The SMILES string of the molecule is CC(C)(C)c1ccc(-c2ccccc2N(c2cccc(-c3cccc(-c4cc(-c5cc(C(C)(C)C)cc(C(C)(C)C)c5)cc(C(C)(C)C)c4)c3)c2)c2ccc3c(c2)C(C)(C)c2ccccc2-3)cc1. The average Bonchev–Trinajstić information content (AvgIpc) is 3.53. The minimum atomic E-state index is -0.132. The van der Waals surface area contributed by atoms with Gasteiger partial charge in [-0.1, -0.05) is 230 Å². The molecule has 1 heteroatoms. The lowest BCUT2D eigenvalue weighted by Gasteiger charge is -2.30. The molecule has 0 spiro atoms. The number of hydrogen-bond donors (Lipinski definition) is 0. The number of benzene rings is 8. The molecule has 1 aliphatic carbocycles. The summed E-state index contributed by atoms with van der Waals surface area (Å²) >= 11 is 0. The Balaban J connectivity index is 1.18. The van der Waals surface area contributed by atoms with Crippen LogP contribution in [0.1, 0.15) is 130 Å². The van der Waals surface area contributed by atoms with E-state index < -0.39 is 0 Å². The van der Waals surface area contributed by atoms with Crippen LogP contribution in [0.3, 0.4) is 0 Å². The molecule has 0 saturated carbocycles. The first-order chi connectivity index (χ1) is 32.0. The zero-order valence-electron chi connectivity index (χ0n) is 43.2. The molecule has 0 bridgehead atoms. The van der Waals surface area contributed by atoms with Crippen molar-refractivity contribution in [2.45, 2.75) is 124 Å². The number of rotatable bonds is 7. The second-order valence-corrected chi connectivity index (χ2v) is 24.1. The van der Waals surface area contributed by atoms with Crippen molar-refractivity contribution in [2.75, 3.05) is 4.90 Å². The van der Waals surface area contributed by atoms with Crippen LogP contribution in [0.5, 0.6) is 0 Å². The Kier molecular flexibility index (Phi) is 11.6. The zero-order valence-corrected chi connectivity index (χ0v) is 43.2. The van der Waals surface area contributed by atoms with Crippen molar-refractivity contribution in [3.05, 3.63) is 209 Å². The Bertz CT molecular complexity index is 3130. The summed E-state index contributed by atoms with van der Waals surface area (Å²) < 4.78 is 0. The van der Waals surface area contributed by atoms with Gasteiger partial charge in [0, 0.05) is 22.4 Å². The van der Waals surface area contributed by atoms with E-state index >= 15 is 0 Å². The lowest BCUT2D eigenvalue weighted by atomic mass is 9.78. The molecule has 0 radical (unpaired) electrons. The van der Waals surface area contributed by atoms with Crippen LogP contribution in [0.15, 0.2) is 176 Å². The summed E-state index contributed by atoms with van der Waals surface area (Å²) in [5.74, 6) is 0. The van der Waals surface area contributed by atoms with Crippen molar-refractivity contribution in [2.24, 2.45) is 0 Å². The molecule has 0 amide bonds. The molecule has 0 atom stereocenters. The molecule has 0 aromatic heterocycles. The monoisotopic (exact) mass is 890 g/mol. The van der Waals surface area contributed by atoms with E-state index in [2.05, 4.69) is 278 Å². The zero-order chi connectivity index (χ0) is 48.6. The van der Waals surface area contributed by atoms with Gasteiger partial charge in [-0.05, 0) is 148 Å². The summed E-state index contributed by atoms with van der Waals surface area (Å²) in [7, 11) is 0. The Morgan fingerprint density at radius 2 is 0.735 bits per heavy atom. The van der Waals surface area contributed by atoms with Gasteiger partial charge in [-0.25, -0.2) is 0 Å². The van der Waals surface area contributed by atoms with Crippen molar-refractivity contribution in [3.8, 4) is 55.6 Å². The summed E-state index contributed by atoms with van der Waals surface area (Å²) in [6.45, 7) is 32.5. The fraction of sp³-hybridized carbons (Fsp3) is 0.284. The minimum Gasteiger partial charge on any atom is -0.310 e. The molecule has 8 aromatic carbocycles. The van der Waals surface area contributed by atoms with Gasteiger partial charge >= 0.3 is 0 Å². The quantitative estimate of drug-likeness (QED) is 0.154.